The molecule has 0 radical (unpaired) electrons. The zero-order valence-corrected chi connectivity index (χ0v) is 8.79. The number of fused-ring (bicyclic) bond motifs is 1. The van der Waals surface area contributed by atoms with E-state index in [0.29, 0.717) is 0 Å². The van der Waals surface area contributed by atoms with Gasteiger partial charge >= 0.3 is 0 Å². The van der Waals surface area contributed by atoms with E-state index in [1.807, 2.05) is 6.20 Å². The Hall–Kier alpha value is -1.28. The average Bonchev–Trinajstić information content (AvgIpc) is 2.87. The quantitative estimate of drug-likeness (QED) is 0.765. The molecule has 1 aliphatic heterocycles. The molecular weight excluding hydrogens is 184 g/mol. The number of aromatic nitrogens is 1. The third-order valence-corrected chi connectivity index (χ3v) is 3.30. The molecule has 1 aliphatic rings. The number of hydrogen-bond donors (Lipinski definition) is 2. The van der Waals surface area contributed by atoms with Gasteiger partial charge in [-0.25, -0.2) is 0 Å². The van der Waals surface area contributed by atoms with Crippen LogP contribution in [0.2, 0.25) is 0 Å². The van der Waals surface area contributed by atoms with Crippen molar-refractivity contribution in [2.45, 2.75) is 12.8 Å². The van der Waals surface area contributed by atoms with Gasteiger partial charge in [-0.05, 0) is 61.0 Å². The molecule has 1 fully saturated rings. The van der Waals surface area contributed by atoms with Crippen molar-refractivity contribution in [2.24, 2.45) is 5.92 Å². The summed E-state index contributed by atoms with van der Waals surface area (Å²) in [6, 6.07) is 8.89. The molecule has 2 N–H and O–H groups in total. The van der Waals surface area contributed by atoms with Crippen LogP contribution in [-0.2, 0) is 6.42 Å². The maximum Gasteiger partial charge on any atom is 0.0454 e. The molecule has 0 amide bonds. The van der Waals surface area contributed by atoms with Gasteiger partial charge in [0.2, 0.25) is 0 Å². The van der Waals surface area contributed by atoms with Crippen LogP contribution >= 0.6 is 0 Å². The summed E-state index contributed by atoms with van der Waals surface area (Å²) in [5, 5.41) is 4.75. The van der Waals surface area contributed by atoms with Crippen molar-refractivity contribution in [3.63, 3.8) is 0 Å². The van der Waals surface area contributed by atoms with E-state index in [1.165, 1.54) is 42.4 Å². The molecule has 2 aromatic rings. The summed E-state index contributed by atoms with van der Waals surface area (Å²) < 4.78 is 0. The number of benzene rings is 1. The van der Waals surface area contributed by atoms with E-state index in [9.17, 15) is 0 Å². The Morgan fingerprint density at radius 3 is 3.13 bits per heavy atom. The Morgan fingerprint density at radius 1 is 1.27 bits per heavy atom. The molecule has 2 heterocycles. The Kier molecular flexibility index (Phi) is 2.22. The van der Waals surface area contributed by atoms with E-state index >= 15 is 0 Å². The van der Waals surface area contributed by atoms with Crippen LogP contribution in [0.4, 0.5) is 0 Å². The summed E-state index contributed by atoms with van der Waals surface area (Å²) in [5.74, 6) is 0.835. The van der Waals surface area contributed by atoms with Crippen molar-refractivity contribution >= 4 is 10.9 Å². The lowest BCUT2D eigenvalue weighted by atomic mass is 9.98. The molecule has 15 heavy (non-hydrogen) atoms. The second kappa shape index (κ2) is 3.70. The molecule has 2 heteroatoms. The fraction of sp³-hybridized carbons (Fsp3) is 0.385. The Balaban J connectivity index is 1.84. The van der Waals surface area contributed by atoms with Crippen LogP contribution in [0.5, 0.6) is 0 Å². The molecule has 0 bridgehead atoms. The van der Waals surface area contributed by atoms with Crippen LogP contribution in [0.3, 0.4) is 0 Å². The summed E-state index contributed by atoms with van der Waals surface area (Å²) in [4.78, 5) is 3.23. The molecule has 1 aromatic carbocycles. The Bertz CT molecular complexity index is 452. The predicted octanol–water partition coefficient (Wildman–Crippen LogP) is 2.32. The van der Waals surface area contributed by atoms with Gasteiger partial charge in [0.05, 0.1) is 0 Å². The van der Waals surface area contributed by atoms with E-state index in [-0.39, 0.29) is 0 Å². The number of nitrogens with one attached hydrogen (secondary N) is 2. The van der Waals surface area contributed by atoms with Crippen molar-refractivity contribution in [1.29, 1.82) is 0 Å². The summed E-state index contributed by atoms with van der Waals surface area (Å²) in [5.41, 5.74) is 2.71. The van der Waals surface area contributed by atoms with E-state index in [0.717, 1.165) is 5.92 Å². The van der Waals surface area contributed by atoms with Crippen molar-refractivity contribution in [1.82, 2.24) is 10.3 Å². The van der Waals surface area contributed by atoms with E-state index in [4.69, 9.17) is 0 Å². The third-order valence-electron chi connectivity index (χ3n) is 3.30. The molecule has 3 rings (SSSR count). The molecule has 1 unspecified atom stereocenters. The monoisotopic (exact) mass is 200 g/mol. The second-order valence-electron chi connectivity index (χ2n) is 4.46. The fourth-order valence-electron chi connectivity index (χ4n) is 2.45. The van der Waals surface area contributed by atoms with Crippen LogP contribution in [0, 0.1) is 5.92 Å². The van der Waals surface area contributed by atoms with E-state index < -0.39 is 0 Å². The number of H-pyrrole nitrogens is 1. The zero-order chi connectivity index (χ0) is 10.1. The molecule has 0 spiro atoms. The van der Waals surface area contributed by atoms with Crippen LogP contribution < -0.4 is 5.32 Å². The number of rotatable bonds is 2. The van der Waals surface area contributed by atoms with Crippen LogP contribution in [0.15, 0.2) is 30.5 Å². The maximum absolute atomic E-state index is 3.42. The van der Waals surface area contributed by atoms with Gasteiger partial charge in [0.1, 0.15) is 0 Å². The standard InChI is InChI=1S/C13H16N2/c1-2-13-12(4-6-15-13)8-10(1)7-11-3-5-14-9-11/h1-2,4,6,8,11,14-15H,3,5,7,9H2. The lowest BCUT2D eigenvalue weighted by Crippen LogP contribution is -2.10. The summed E-state index contributed by atoms with van der Waals surface area (Å²) >= 11 is 0. The highest BCUT2D eigenvalue weighted by atomic mass is 14.9. The lowest BCUT2D eigenvalue weighted by Gasteiger charge is -2.07. The van der Waals surface area contributed by atoms with Gasteiger partial charge in [-0.3, -0.25) is 0 Å². The number of aromatic amines is 1. The number of hydrogen-bond acceptors (Lipinski definition) is 1. The Labute approximate surface area is 89.7 Å². The average molecular weight is 200 g/mol. The minimum absolute atomic E-state index is 0.835. The van der Waals surface area contributed by atoms with Crippen molar-refractivity contribution in [3.8, 4) is 0 Å². The zero-order valence-electron chi connectivity index (χ0n) is 8.79. The van der Waals surface area contributed by atoms with Crippen molar-refractivity contribution in [2.75, 3.05) is 13.1 Å². The Morgan fingerprint density at radius 2 is 2.27 bits per heavy atom. The van der Waals surface area contributed by atoms with Crippen LogP contribution in [0.1, 0.15) is 12.0 Å². The normalized spacial score (nSPS) is 21.2. The van der Waals surface area contributed by atoms with Crippen molar-refractivity contribution in [3.05, 3.63) is 36.0 Å². The highest BCUT2D eigenvalue weighted by Crippen LogP contribution is 2.19. The first-order chi connectivity index (χ1) is 7.42. The minimum atomic E-state index is 0.835. The van der Waals surface area contributed by atoms with Crippen molar-refractivity contribution < 1.29 is 0 Å². The van der Waals surface area contributed by atoms with Gasteiger partial charge in [0.25, 0.3) is 0 Å². The first-order valence-electron chi connectivity index (χ1n) is 5.68. The highest BCUT2D eigenvalue weighted by molar-refractivity contribution is 5.79. The first-order valence-corrected chi connectivity index (χ1v) is 5.68. The topological polar surface area (TPSA) is 27.8 Å². The van der Waals surface area contributed by atoms with Crippen LogP contribution in [-0.4, -0.2) is 18.1 Å². The summed E-state index contributed by atoms with van der Waals surface area (Å²) in [6.07, 6.45) is 4.55. The molecular formula is C13H16N2. The van der Waals surface area contributed by atoms with Gasteiger partial charge < -0.3 is 10.3 Å². The fourth-order valence-corrected chi connectivity index (χ4v) is 2.45. The SMILES string of the molecule is c1cc2cc(CC3CCNC3)ccc2[nH]1. The maximum atomic E-state index is 3.42. The smallest absolute Gasteiger partial charge is 0.0454 e. The molecule has 78 valence electrons. The third kappa shape index (κ3) is 1.77. The first kappa shape index (κ1) is 8.98. The highest BCUT2D eigenvalue weighted by Gasteiger charge is 2.14. The largest absolute Gasteiger partial charge is 0.361 e. The summed E-state index contributed by atoms with van der Waals surface area (Å²) in [7, 11) is 0. The van der Waals surface area contributed by atoms with Gasteiger partial charge in [-0.1, -0.05) is 6.07 Å². The molecule has 0 aliphatic carbocycles. The summed E-state index contributed by atoms with van der Waals surface area (Å²) in [6.45, 7) is 2.38. The second-order valence-corrected chi connectivity index (χ2v) is 4.46. The molecule has 1 saturated heterocycles. The predicted molar refractivity (Wildman–Crippen MR) is 63.0 cm³/mol. The van der Waals surface area contributed by atoms with Crippen LogP contribution in [0.25, 0.3) is 10.9 Å². The van der Waals surface area contributed by atoms with Gasteiger partial charge in [-0.2, -0.15) is 0 Å². The van der Waals surface area contributed by atoms with E-state index in [1.54, 1.807) is 0 Å². The molecule has 1 atom stereocenters. The lowest BCUT2D eigenvalue weighted by molar-refractivity contribution is 0.580. The molecule has 1 aromatic heterocycles. The van der Waals surface area contributed by atoms with E-state index in [2.05, 4.69) is 34.6 Å². The molecule has 0 saturated carbocycles. The minimum Gasteiger partial charge on any atom is -0.361 e. The molecule has 2 nitrogen and oxygen atoms in total. The van der Waals surface area contributed by atoms with Gasteiger partial charge in [0, 0.05) is 11.7 Å². The van der Waals surface area contributed by atoms with Gasteiger partial charge in [0.15, 0.2) is 0 Å². The van der Waals surface area contributed by atoms with Gasteiger partial charge in [-0.15, -0.1) is 0 Å².